The number of amides is 1. The van der Waals surface area contributed by atoms with Crippen molar-refractivity contribution in [3.05, 3.63) is 47.0 Å². The number of aliphatic carboxylic acids is 1. The molecule has 0 heterocycles. The van der Waals surface area contributed by atoms with Crippen LogP contribution in [-0.4, -0.2) is 40.4 Å². The fraction of sp³-hybridized carbons (Fsp3) is 0.500. The molecule has 0 saturated heterocycles. The van der Waals surface area contributed by atoms with Gasteiger partial charge in [-0.05, 0) is 58.1 Å². The zero-order chi connectivity index (χ0) is 23.9. The number of carboxylic acid groups (broad SMARTS) is 1. The van der Waals surface area contributed by atoms with Gasteiger partial charge in [-0.15, -0.1) is 0 Å². The van der Waals surface area contributed by atoms with E-state index in [2.05, 4.69) is 5.32 Å². The van der Waals surface area contributed by atoms with Crippen molar-refractivity contribution in [3.8, 4) is 0 Å². The molecular weight excluding hydrogens is 398 g/mol. The Balaban J connectivity index is 3.30. The molecule has 1 amide bonds. The molecule has 0 saturated carbocycles. The van der Waals surface area contributed by atoms with E-state index in [1.54, 1.807) is 65.0 Å². The van der Waals surface area contributed by atoms with Crippen LogP contribution in [0.5, 0.6) is 0 Å². The molecule has 7 heteroatoms. The van der Waals surface area contributed by atoms with E-state index in [0.29, 0.717) is 11.1 Å². The molecule has 1 aromatic rings. The molecule has 0 aliphatic heterocycles. The Bertz CT molecular complexity index is 845. The Hall–Kier alpha value is -2.96. The van der Waals surface area contributed by atoms with Gasteiger partial charge in [-0.3, -0.25) is 14.4 Å². The van der Waals surface area contributed by atoms with Gasteiger partial charge in [0.05, 0.1) is 0 Å². The molecule has 0 spiro atoms. The van der Waals surface area contributed by atoms with Crippen molar-refractivity contribution < 1.29 is 29.0 Å². The van der Waals surface area contributed by atoms with E-state index in [4.69, 9.17) is 4.74 Å². The third-order valence-corrected chi connectivity index (χ3v) is 4.57. The van der Waals surface area contributed by atoms with Gasteiger partial charge in [0, 0.05) is 0 Å². The highest BCUT2D eigenvalue weighted by molar-refractivity contribution is 6.43. The maximum Gasteiger partial charge on any atom is 0.408 e. The van der Waals surface area contributed by atoms with Crippen molar-refractivity contribution in [2.45, 2.75) is 66.5 Å². The number of ether oxygens (including phenoxy) is 1. The van der Waals surface area contributed by atoms with Gasteiger partial charge in [-0.25, -0.2) is 4.79 Å². The fourth-order valence-corrected chi connectivity index (χ4v) is 3.37. The molecule has 0 aliphatic carbocycles. The second-order valence-corrected chi connectivity index (χ2v) is 9.00. The molecule has 1 rings (SSSR count). The van der Waals surface area contributed by atoms with E-state index in [-0.39, 0.29) is 12.3 Å². The summed E-state index contributed by atoms with van der Waals surface area (Å²) in [6.07, 6.45) is -0.973. The van der Waals surface area contributed by atoms with Crippen LogP contribution in [-0.2, 0) is 25.5 Å². The summed E-state index contributed by atoms with van der Waals surface area (Å²) in [6, 6.07) is 7.32. The van der Waals surface area contributed by atoms with E-state index in [1.807, 2.05) is 13.8 Å². The summed E-state index contributed by atoms with van der Waals surface area (Å²) in [7, 11) is 0. The molecule has 31 heavy (non-hydrogen) atoms. The lowest BCUT2D eigenvalue weighted by Gasteiger charge is -2.27. The summed E-state index contributed by atoms with van der Waals surface area (Å²) in [5, 5.41) is 12.1. The molecular formula is C24H33NO6. The van der Waals surface area contributed by atoms with Crippen LogP contribution in [0, 0.1) is 11.8 Å². The standard InChI is InChI=1S/C24H33NO6/c1-14(2)18(15(3)4)19(25-23(30)31-24(5,6)7)21(27)20(26)17(22(28)29)13-16-11-9-8-10-12-16/h8-12,14,17,19H,13H2,1-7H3,(H,25,30)(H,28,29). The van der Waals surface area contributed by atoms with Gasteiger partial charge in [0.15, 0.2) is 0 Å². The molecule has 0 aromatic heterocycles. The Morgan fingerprint density at radius 3 is 1.97 bits per heavy atom. The second-order valence-electron chi connectivity index (χ2n) is 9.00. The summed E-state index contributed by atoms with van der Waals surface area (Å²) in [5.41, 5.74) is 1.13. The number of alkyl carbamates (subject to hydrolysis) is 1. The lowest BCUT2D eigenvalue weighted by molar-refractivity contribution is -0.150. The largest absolute Gasteiger partial charge is 0.481 e. The molecule has 0 radical (unpaired) electrons. The van der Waals surface area contributed by atoms with Crippen LogP contribution in [0.2, 0.25) is 0 Å². The Morgan fingerprint density at radius 1 is 1.00 bits per heavy atom. The minimum Gasteiger partial charge on any atom is -0.481 e. The predicted molar refractivity (Wildman–Crippen MR) is 118 cm³/mol. The normalized spacial score (nSPS) is 13.2. The fourth-order valence-electron chi connectivity index (χ4n) is 3.37. The zero-order valence-corrected chi connectivity index (χ0v) is 19.3. The van der Waals surface area contributed by atoms with E-state index in [9.17, 15) is 24.3 Å². The molecule has 2 atom stereocenters. The van der Waals surface area contributed by atoms with Crippen molar-refractivity contribution in [1.82, 2.24) is 5.32 Å². The number of carboxylic acids is 1. The van der Waals surface area contributed by atoms with Crippen LogP contribution in [0.15, 0.2) is 41.5 Å². The predicted octanol–water partition coefficient (Wildman–Crippen LogP) is 3.95. The molecule has 0 bridgehead atoms. The van der Waals surface area contributed by atoms with Gasteiger partial charge >= 0.3 is 12.1 Å². The van der Waals surface area contributed by atoms with E-state index in [1.165, 1.54) is 0 Å². The highest BCUT2D eigenvalue weighted by Gasteiger charge is 2.39. The lowest BCUT2D eigenvalue weighted by atomic mass is 9.84. The summed E-state index contributed by atoms with van der Waals surface area (Å²) >= 11 is 0. The number of hydrogen-bond acceptors (Lipinski definition) is 5. The average Bonchev–Trinajstić information content (AvgIpc) is 2.63. The minimum atomic E-state index is -1.55. The maximum absolute atomic E-state index is 13.2. The molecule has 1 aromatic carbocycles. The van der Waals surface area contributed by atoms with Gasteiger partial charge in [0.25, 0.3) is 0 Å². The molecule has 7 nitrogen and oxygen atoms in total. The highest BCUT2D eigenvalue weighted by atomic mass is 16.6. The number of ketones is 2. The summed E-state index contributed by atoms with van der Waals surface area (Å²) in [6.45, 7) is 12.3. The Morgan fingerprint density at radius 2 is 1.55 bits per heavy atom. The third kappa shape index (κ3) is 8.00. The van der Waals surface area contributed by atoms with E-state index < -0.39 is 41.2 Å². The van der Waals surface area contributed by atoms with Gasteiger partial charge in [0.2, 0.25) is 11.6 Å². The van der Waals surface area contributed by atoms with Gasteiger partial charge in [-0.2, -0.15) is 0 Å². The molecule has 0 aliphatic rings. The van der Waals surface area contributed by atoms with E-state index >= 15 is 0 Å². The number of hydrogen-bond donors (Lipinski definition) is 2. The maximum atomic E-state index is 13.2. The van der Waals surface area contributed by atoms with Gasteiger partial charge in [0.1, 0.15) is 17.6 Å². The first kappa shape index (κ1) is 26.1. The summed E-state index contributed by atoms with van der Waals surface area (Å²) < 4.78 is 5.26. The van der Waals surface area contributed by atoms with Crippen LogP contribution in [0.25, 0.3) is 0 Å². The number of carbonyl (C=O) groups excluding carboxylic acids is 3. The summed E-state index contributed by atoms with van der Waals surface area (Å²) in [5.74, 6) is -5.14. The first-order valence-corrected chi connectivity index (χ1v) is 10.3. The Kier molecular flexibility index (Phi) is 9.16. The SMILES string of the molecule is CC(C)=C(C(C)C)C(NC(=O)OC(C)(C)C)C(=O)C(=O)C(Cc1ccccc1)C(=O)O. The molecule has 170 valence electrons. The van der Waals surface area contributed by atoms with Crippen LogP contribution in [0.4, 0.5) is 4.79 Å². The average molecular weight is 432 g/mol. The smallest absolute Gasteiger partial charge is 0.408 e. The van der Waals surface area contributed by atoms with Gasteiger partial charge < -0.3 is 15.2 Å². The van der Waals surface area contributed by atoms with Crippen LogP contribution < -0.4 is 5.32 Å². The number of benzene rings is 1. The highest BCUT2D eigenvalue weighted by Crippen LogP contribution is 2.22. The number of carbonyl (C=O) groups is 4. The molecule has 0 fully saturated rings. The number of Topliss-reactive ketones (excluding diaryl/α,β-unsaturated/α-hetero) is 2. The summed E-state index contributed by atoms with van der Waals surface area (Å²) in [4.78, 5) is 50.4. The van der Waals surface area contributed by atoms with Crippen molar-refractivity contribution >= 4 is 23.6 Å². The monoisotopic (exact) mass is 431 g/mol. The number of allylic oxidation sites excluding steroid dienone is 1. The zero-order valence-electron chi connectivity index (χ0n) is 19.3. The number of nitrogens with one attached hydrogen (secondary N) is 1. The van der Waals surface area contributed by atoms with E-state index in [0.717, 1.165) is 5.57 Å². The topological polar surface area (TPSA) is 110 Å². The third-order valence-electron chi connectivity index (χ3n) is 4.57. The Labute approximate surface area is 183 Å². The van der Waals surface area contributed by atoms with Crippen molar-refractivity contribution in [2.24, 2.45) is 11.8 Å². The van der Waals surface area contributed by atoms with Crippen LogP contribution in [0.3, 0.4) is 0 Å². The van der Waals surface area contributed by atoms with Gasteiger partial charge in [-0.1, -0.05) is 49.8 Å². The van der Waals surface area contributed by atoms with Crippen molar-refractivity contribution in [3.63, 3.8) is 0 Å². The first-order valence-electron chi connectivity index (χ1n) is 10.3. The minimum absolute atomic E-state index is 0.119. The molecule has 2 N–H and O–H groups in total. The second kappa shape index (κ2) is 10.9. The first-order chi connectivity index (χ1) is 14.2. The van der Waals surface area contributed by atoms with Crippen LogP contribution in [0.1, 0.15) is 54.0 Å². The van der Waals surface area contributed by atoms with Crippen molar-refractivity contribution in [1.29, 1.82) is 0 Å². The lowest BCUT2D eigenvalue weighted by Crippen LogP contribution is -2.50. The number of rotatable bonds is 9. The van der Waals surface area contributed by atoms with Crippen LogP contribution >= 0.6 is 0 Å². The molecule has 2 unspecified atom stereocenters. The van der Waals surface area contributed by atoms with Crippen molar-refractivity contribution in [2.75, 3.05) is 0 Å². The quantitative estimate of drug-likeness (QED) is 0.348.